The average Bonchev–Trinajstić information content (AvgIpc) is 3.04. The number of carbonyl (C=O) groups excluding carboxylic acids is 1. The highest BCUT2D eigenvalue weighted by Crippen LogP contribution is 2.42. The first-order valence-corrected chi connectivity index (χ1v) is 8.96. The van der Waals surface area contributed by atoms with Gasteiger partial charge in [-0.05, 0) is 11.5 Å². The van der Waals surface area contributed by atoms with Gasteiger partial charge in [0, 0.05) is 34.1 Å². The molecule has 0 saturated carbocycles. The van der Waals surface area contributed by atoms with Crippen molar-refractivity contribution in [2.75, 3.05) is 4.90 Å². The number of anilines is 1. The number of pyridine rings is 2. The predicted molar refractivity (Wildman–Crippen MR) is 104 cm³/mol. The van der Waals surface area contributed by atoms with Crippen LogP contribution in [0.3, 0.4) is 0 Å². The summed E-state index contributed by atoms with van der Waals surface area (Å²) >= 11 is 0. The van der Waals surface area contributed by atoms with Crippen LogP contribution in [0.15, 0.2) is 61.1 Å². The minimum absolute atomic E-state index is 0.188. The topological polar surface area (TPSA) is 69.9 Å². The number of nitrogens with zero attached hydrogens (tertiary/aromatic N) is 4. The minimum atomic E-state index is -4.59. The minimum Gasteiger partial charge on any atom is -0.285 e. The summed E-state index contributed by atoms with van der Waals surface area (Å²) in [6.45, 7) is 0. The van der Waals surface area contributed by atoms with Crippen molar-refractivity contribution in [1.29, 1.82) is 5.26 Å². The number of hydrogen-bond donors (Lipinski definition) is 0. The Labute approximate surface area is 168 Å². The Hall–Kier alpha value is -3.99. The van der Waals surface area contributed by atoms with Crippen LogP contribution in [0.4, 0.5) is 18.9 Å². The number of hydrogen-bond acceptors (Lipinski definition) is 4. The number of carbonyl (C=O) groups is 1. The average molecular weight is 404 g/mol. The van der Waals surface area contributed by atoms with Crippen molar-refractivity contribution in [2.45, 2.75) is 12.2 Å². The zero-order valence-electron chi connectivity index (χ0n) is 15.2. The Balaban J connectivity index is 1.73. The lowest BCUT2D eigenvalue weighted by Crippen LogP contribution is -2.27. The molecule has 2 aromatic carbocycles. The molecule has 1 atom stereocenters. The molecule has 0 N–H and O–H groups in total. The molecule has 0 unspecified atom stereocenters. The maximum atomic E-state index is 13.4. The van der Waals surface area contributed by atoms with E-state index in [-0.39, 0.29) is 16.3 Å². The molecule has 2 aromatic heterocycles. The Morgan fingerprint density at radius 1 is 1.00 bits per heavy atom. The Kier molecular flexibility index (Phi) is 3.77. The van der Waals surface area contributed by atoms with Crippen molar-refractivity contribution in [3.63, 3.8) is 0 Å². The number of aromatic nitrogens is 2. The first-order chi connectivity index (χ1) is 14.4. The summed E-state index contributed by atoms with van der Waals surface area (Å²) in [4.78, 5) is 22.4. The summed E-state index contributed by atoms with van der Waals surface area (Å²) in [6, 6.07) is 12.5. The van der Waals surface area contributed by atoms with Gasteiger partial charge in [-0.1, -0.05) is 36.4 Å². The monoisotopic (exact) mass is 404 g/mol. The summed E-state index contributed by atoms with van der Waals surface area (Å²) in [5, 5.41) is 11.9. The van der Waals surface area contributed by atoms with E-state index in [1.807, 2.05) is 24.3 Å². The van der Waals surface area contributed by atoms with Gasteiger partial charge in [0.05, 0.1) is 23.5 Å². The van der Waals surface area contributed by atoms with Gasteiger partial charge in [-0.15, -0.1) is 0 Å². The van der Waals surface area contributed by atoms with E-state index in [0.29, 0.717) is 11.3 Å². The van der Waals surface area contributed by atoms with Gasteiger partial charge in [-0.2, -0.15) is 18.4 Å². The molecule has 4 aromatic rings. The quantitative estimate of drug-likeness (QED) is 0.446. The van der Waals surface area contributed by atoms with Gasteiger partial charge in [0.15, 0.2) is 6.04 Å². The largest absolute Gasteiger partial charge is 0.433 e. The van der Waals surface area contributed by atoms with E-state index in [0.717, 1.165) is 23.0 Å². The Bertz CT molecular complexity index is 1390. The number of rotatable bonds is 1. The highest BCUT2D eigenvalue weighted by atomic mass is 19.4. The normalized spacial score (nSPS) is 16.1. The Morgan fingerprint density at radius 2 is 1.80 bits per heavy atom. The highest BCUT2D eigenvalue weighted by Gasteiger charge is 2.40. The van der Waals surface area contributed by atoms with Gasteiger partial charge in [-0.3, -0.25) is 19.7 Å². The van der Waals surface area contributed by atoms with E-state index in [2.05, 4.69) is 16.0 Å². The van der Waals surface area contributed by atoms with Crippen LogP contribution in [0.25, 0.3) is 21.5 Å². The maximum absolute atomic E-state index is 13.4. The van der Waals surface area contributed by atoms with Gasteiger partial charge < -0.3 is 0 Å². The molecule has 1 aliphatic rings. The van der Waals surface area contributed by atoms with Crippen molar-refractivity contribution in [3.05, 3.63) is 77.9 Å². The lowest BCUT2D eigenvalue weighted by Gasteiger charge is -2.21. The molecule has 5 nitrogen and oxygen atoms in total. The molecule has 5 rings (SSSR count). The third kappa shape index (κ3) is 2.52. The molecule has 0 bridgehead atoms. The molecule has 3 heterocycles. The molecular weight excluding hydrogens is 393 g/mol. The van der Waals surface area contributed by atoms with Crippen LogP contribution in [0, 0.1) is 11.3 Å². The number of fused-ring (bicyclic) bond motifs is 4. The standard InChI is InChI=1S/C22H11F3N4O/c23-22(24,25)19-7-12-5-6-15-17(8-26)29(21(30)20(15)16(12)10-28-19)18-11-27-9-13-3-1-2-4-14(13)18/h1-7,9-11,17H/t17-/m0/s1. The summed E-state index contributed by atoms with van der Waals surface area (Å²) in [5.41, 5.74) is 0.0545. The van der Waals surface area contributed by atoms with Gasteiger partial charge in [0.2, 0.25) is 0 Å². The van der Waals surface area contributed by atoms with E-state index in [4.69, 9.17) is 0 Å². The summed E-state index contributed by atoms with van der Waals surface area (Å²) in [5.74, 6) is -0.470. The van der Waals surface area contributed by atoms with E-state index >= 15 is 0 Å². The first-order valence-electron chi connectivity index (χ1n) is 8.96. The first kappa shape index (κ1) is 18.1. The van der Waals surface area contributed by atoms with E-state index in [1.54, 1.807) is 6.20 Å². The van der Waals surface area contributed by atoms with Gasteiger partial charge >= 0.3 is 6.18 Å². The molecule has 30 heavy (non-hydrogen) atoms. The van der Waals surface area contributed by atoms with Crippen molar-refractivity contribution in [3.8, 4) is 6.07 Å². The third-order valence-electron chi connectivity index (χ3n) is 5.24. The molecule has 0 radical (unpaired) electrons. The van der Waals surface area contributed by atoms with Crippen molar-refractivity contribution >= 4 is 33.1 Å². The Morgan fingerprint density at radius 3 is 2.57 bits per heavy atom. The fraction of sp³-hybridized carbons (Fsp3) is 0.0909. The summed E-state index contributed by atoms with van der Waals surface area (Å²) in [6.07, 6.45) is -0.369. The fourth-order valence-electron chi connectivity index (χ4n) is 3.90. The number of nitriles is 1. The number of amides is 1. The van der Waals surface area contributed by atoms with Crippen LogP contribution in [-0.2, 0) is 6.18 Å². The van der Waals surface area contributed by atoms with Crippen molar-refractivity contribution in [1.82, 2.24) is 9.97 Å². The van der Waals surface area contributed by atoms with E-state index in [9.17, 15) is 23.2 Å². The highest BCUT2D eigenvalue weighted by molar-refractivity contribution is 6.20. The molecule has 8 heteroatoms. The second-order valence-corrected chi connectivity index (χ2v) is 6.90. The van der Waals surface area contributed by atoms with Crippen LogP contribution in [0.1, 0.15) is 27.7 Å². The van der Waals surface area contributed by atoms with Crippen molar-refractivity contribution in [2.24, 2.45) is 0 Å². The smallest absolute Gasteiger partial charge is 0.285 e. The molecule has 1 aliphatic heterocycles. The molecule has 0 saturated heterocycles. The lowest BCUT2D eigenvalue weighted by molar-refractivity contribution is -0.141. The maximum Gasteiger partial charge on any atom is 0.433 e. The van der Waals surface area contributed by atoms with Gasteiger partial charge in [0.25, 0.3) is 5.91 Å². The van der Waals surface area contributed by atoms with E-state index in [1.165, 1.54) is 23.2 Å². The fourth-order valence-corrected chi connectivity index (χ4v) is 3.90. The third-order valence-corrected chi connectivity index (χ3v) is 5.24. The van der Waals surface area contributed by atoms with Crippen LogP contribution >= 0.6 is 0 Å². The summed E-state index contributed by atoms with van der Waals surface area (Å²) in [7, 11) is 0. The van der Waals surface area contributed by atoms with Crippen LogP contribution < -0.4 is 4.90 Å². The molecule has 0 fully saturated rings. The van der Waals surface area contributed by atoms with Gasteiger partial charge in [0.1, 0.15) is 5.69 Å². The number of benzene rings is 2. The zero-order chi connectivity index (χ0) is 21.0. The number of halogens is 3. The van der Waals surface area contributed by atoms with Crippen LogP contribution in [0.5, 0.6) is 0 Å². The number of alkyl halides is 3. The van der Waals surface area contributed by atoms with Crippen LogP contribution in [-0.4, -0.2) is 15.9 Å². The molecule has 1 amide bonds. The second-order valence-electron chi connectivity index (χ2n) is 6.90. The zero-order valence-corrected chi connectivity index (χ0v) is 15.2. The SMILES string of the molecule is N#C[C@H]1c2ccc3cc(C(F)(F)F)ncc3c2C(=O)N1c1cncc2ccccc12. The van der Waals surface area contributed by atoms with Crippen LogP contribution in [0.2, 0.25) is 0 Å². The predicted octanol–water partition coefficient (Wildman–Crippen LogP) is 5.03. The second kappa shape index (κ2) is 6.26. The lowest BCUT2D eigenvalue weighted by atomic mass is 9.99. The van der Waals surface area contributed by atoms with E-state index < -0.39 is 23.8 Å². The molecule has 0 spiro atoms. The molecule has 146 valence electrons. The summed E-state index contributed by atoms with van der Waals surface area (Å²) < 4.78 is 39.1. The van der Waals surface area contributed by atoms with Gasteiger partial charge in [-0.25, -0.2) is 0 Å². The molecule has 0 aliphatic carbocycles. The van der Waals surface area contributed by atoms with Crippen molar-refractivity contribution < 1.29 is 18.0 Å². The molecular formula is C22H11F3N4O.